The van der Waals surface area contributed by atoms with Crippen molar-refractivity contribution in [1.29, 1.82) is 0 Å². The molecule has 0 aromatic heterocycles. The van der Waals surface area contributed by atoms with Gasteiger partial charge in [0.15, 0.2) is 0 Å². The van der Waals surface area contributed by atoms with Crippen LogP contribution in [0.3, 0.4) is 0 Å². The number of rotatable bonds is 2. The first-order valence-corrected chi connectivity index (χ1v) is 7.01. The Balaban J connectivity index is 2.46. The van der Waals surface area contributed by atoms with E-state index < -0.39 is 6.98 Å². The topological polar surface area (TPSA) is 6.25 Å². The Morgan fingerprint density at radius 2 is 2.00 bits per heavy atom. The van der Waals surface area contributed by atoms with Crippen molar-refractivity contribution in [2.24, 2.45) is 5.92 Å². The van der Waals surface area contributed by atoms with Crippen molar-refractivity contribution in [3.63, 3.8) is 0 Å². The standard InChI is InChI=1S/C17H27N2/c1-13(2)16-11-19(12-18(16)6)15-10-8-7-9-14(15)17(3,4)5/h7-10,12-13,16H,11H2,1-6H3/q+1/t16-/m1/s1/i6D3. The summed E-state index contributed by atoms with van der Waals surface area (Å²) in [6, 6.07) is 8.27. The highest BCUT2D eigenvalue weighted by Gasteiger charge is 2.34. The van der Waals surface area contributed by atoms with E-state index >= 15 is 0 Å². The number of hydrogen-bond acceptors (Lipinski definition) is 1. The summed E-state index contributed by atoms with van der Waals surface area (Å²) in [7, 11) is 0. The predicted molar refractivity (Wildman–Crippen MR) is 83.4 cm³/mol. The van der Waals surface area contributed by atoms with Crippen molar-refractivity contribution in [2.45, 2.75) is 46.1 Å². The zero-order chi connectivity index (χ0) is 16.7. The van der Waals surface area contributed by atoms with Crippen LogP contribution in [-0.2, 0) is 5.41 Å². The second-order valence-electron chi connectivity index (χ2n) is 6.75. The normalized spacial score (nSPS) is 23.1. The highest BCUT2D eigenvalue weighted by molar-refractivity contribution is 5.79. The monoisotopic (exact) mass is 262 g/mol. The van der Waals surface area contributed by atoms with Crippen molar-refractivity contribution in [1.82, 2.24) is 0 Å². The van der Waals surface area contributed by atoms with Gasteiger partial charge in [0.1, 0.15) is 18.3 Å². The SMILES string of the molecule is [2H]C([2H])([2H])[N+]1=CN(c2ccccc2C(C)(C)C)C[C@@H]1C(C)C. The van der Waals surface area contributed by atoms with Gasteiger partial charge in [-0.1, -0.05) is 52.8 Å². The van der Waals surface area contributed by atoms with Gasteiger partial charge in [0.05, 0.1) is 11.1 Å². The Hall–Kier alpha value is -1.31. The van der Waals surface area contributed by atoms with Gasteiger partial charge in [-0.15, -0.1) is 0 Å². The van der Waals surface area contributed by atoms with Crippen LogP contribution in [0.4, 0.5) is 5.69 Å². The molecule has 1 heterocycles. The largest absolute Gasteiger partial charge is 0.264 e. The van der Waals surface area contributed by atoms with E-state index in [1.807, 2.05) is 12.1 Å². The Kier molecular flexibility index (Phi) is 2.75. The van der Waals surface area contributed by atoms with Crippen LogP contribution in [0.1, 0.15) is 44.3 Å². The molecule has 0 saturated heterocycles. The zero-order valence-electron chi connectivity index (χ0n) is 15.6. The third kappa shape index (κ3) is 2.83. The molecule has 1 aromatic rings. The number of likely N-dealkylation sites (N-methyl/N-ethyl adjacent to an activating group) is 1. The van der Waals surface area contributed by atoms with Gasteiger partial charge in [0, 0.05) is 5.56 Å². The molecule has 0 radical (unpaired) electrons. The number of hydrogen-bond donors (Lipinski definition) is 0. The molecule has 2 heteroatoms. The van der Waals surface area contributed by atoms with E-state index in [9.17, 15) is 0 Å². The molecule has 0 fully saturated rings. The summed E-state index contributed by atoms with van der Waals surface area (Å²) in [6.45, 7) is 9.33. The molecule has 0 saturated carbocycles. The maximum absolute atomic E-state index is 7.78. The van der Waals surface area contributed by atoms with Crippen molar-refractivity contribution in [3.05, 3.63) is 29.8 Å². The summed E-state index contributed by atoms with van der Waals surface area (Å²) in [5, 5.41) is 0. The number of nitrogens with zero attached hydrogens (tertiary/aromatic N) is 2. The number of benzene rings is 1. The fourth-order valence-corrected chi connectivity index (χ4v) is 2.62. The molecule has 2 rings (SSSR count). The van der Waals surface area contributed by atoms with Crippen LogP contribution in [-0.4, -0.2) is 30.5 Å². The third-order valence-electron chi connectivity index (χ3n) is 3.80. The number of para-hydroxylation sites is 1. The third-order valence-corrected chi connectivity index (χ3v) is 3.80. The highest BCUT2D eigenvalue weighted by atomic mass is 15.3. The summed E-state index contributed by atoms with van der Waals surface area (Å²) in [6.07, 6.45) is 1.78. The average molecular weight is 262 g/mol. The summed E-state index contributed by atoms with van der Waals surface area (Å²) in [4.78, 5) is 2.09. The molecule has 104 valence electrons. The van der Waals surface area contributed by atoms with Gasteiger partial charge in [-0.3, -0.25) is 4.58 Å². The molecule has 0 spiro atoms. The second kappa shape index (κ2) is 4.99. The van der Waals surface area contributed by atoms with Crippen LogP contribution >= 0.6 is 0 Å². The van der Waals surface area contributed by atoms with Gasteiger partial charge >= 0.3 is 0 Å². The Morgan fingerprint density at radius 3 is 2.53 bits per heavy atom. The molecule has 0 unspecified atom stereocenters. The van der Waals surface area contributed by atoms with Crippen LogP contribution in [0, 0.1) is 5.92 Å². The van der Waals surface area contributed by atoms with Crippen molar-refractivity contribution < 1.29 is 8.69 Å². The van der Waals surface area contributed by atoms with Gasteiger partial charge in [-0.05, 0) is 17.4 Å². The Labute approximate surface area is 122 Å². The Bertz CT molecular complexity index is 568. The van der Waals surface area contributed by atoms with Crippen LogP contribution in [0.25, 0.3) is 0 Å². The summed E-state index contributed by atoms with van der Waals surface area (Å²) in [5.41, 5.74) is 2.36. The first kappa shape index (κ1) is 10.5. The molecule has 1 aromatic carbocycles. The van der Waals surface area contributed by atoms with E-state index in [-0.39, 0.29) is 17.4 Å². The van der Waals surface area contributed by atoms with Gasteiger partial charge < -0.3 is 0 Å². The van der Waals surface area contributed by atoms with Gasteiger partial charge in [0.25, 0.3) is 0 Å². The quantitative estimate of drug-likeness (QED) is 0.739. The van der Waals surface area contributed by atoms with Crippen molar-refractivity contribution in [2.75, 3.05) is 18.4 Å². The zero-order valence-corrected chi connectivity index (χ0v) is 12.6. The van der Waals surface area contributed by atoms with Crippen LogP contribution < -0.4 is 4.90 Å². The molecular weight excluding hydrogens is 232 g/mol. The fraction of sp³-hybridized carbons (Fsp3) is 0.588. The number of anilines is 1. The first-order valence-electron chi connectivity index (χ1n) is 8.51. The maximum atomic E-state index is 7.78. The molecule has 1 aliphatic heterocycles. The van der Waals surface area contributed by atoms with Crippen LogP contribution in [0.15, 0.2) is 24.3 Å². The minimum atomic E-state index is -2.10. The molecule has 0 aliphatic carbocycles. The fourth-order valence-electron chi connectivity index (χ4n) is 2.62. The molecule has 19 heavy (non-hydrogen) atoms. The first-order chi connectivity index (χ1) is 10.0. The smallest absolute Gasteiger partial charge is 0.239 e. The van der Waals surface area contributed by atoms with Gasteiger partial charge in [0.2, 0.25) is 6.34 Å². The van der Waals surface area contributed by atoms with E-state index in [1.54, 1.807) is 6.34 Å². The minimum Gasteiger partial charge on any atom is -0.264 e. The lowest BCUT2D eigenvalue weighted by atomic mass is 9.85. The average Bonchev–Trinajstić information content (AvgIpc) is 2.82. The molecule has 0 N–H and O–H groups in total. The van der Waals surface area contributed by atoms with E-state index in [1.165, 1.54) is 10.1 Å². The highest BCUT2D eigenvalue weighted by Crippen LogP contribution is 2.32. The predicted octanol–water partition coefficient (Wildman–Crippen LogP) is 3.50. The minimum absolute atomic E-state index is 0.000486. The van der Waals surface area contributed by atoms with E-state index in [2.05, 4.69) is 51.7 Å². The molecule has 1 atom stereocenters. The van der Waals surface area contributed by atoms with E-state index in [0.717, 1.165) is 5.69 Å². The lowest BCUT2D eigenvalue weighted by Crippen LogP contribution is -2.31. The van der Waals surface area contributed by atoms with E-state index in [0.29, 0.717) is 6.54 Å². The Morgan fingerprint density at radius 1 is 1.32 bits per heavy atom. The summed E-state index contributed by atoms with van der Waals surface area (Å²) < 4.78 is 24.9. The lowest BCUT2D eigenvalue weighted by Gasteiger charge is -2.23. The molecule has 1 aliphatic rings. The van der Waals surface area contributed by atoms with Crippen LogP contribution in [0.2, 0.25) is 0 Å². The lowest BCUT2D eigenvalue weighted by molar-refractivity contribution is -0.530. The van der Waals surface area contributed by atoms with Gasteiger partial charge in [-0.25, -0.2) is 4.90 Å². The van der Waals surface area contributed by atoms with Crippen LogP contribution in [0.5, 0.6) is 0 Å². The van der Waals surface area contributed by atoms with E-state index in [4.69, 9.17) is 4.11 Å². The molecule has 0 amide bonds. The molecular formula is C17H27N2+. The van der Waals surface area contributed by atoms with Crippen molar-refractivity contribution in [3.8, 4) is 0 Å². The molecule has 2 nitrogen and oxygen atoms in total. The summed E-state index contributed by atoms with van der Waals surface area (Å²) >= 11 is 0. The molecule has 0 bridgehead atoms. The van der Waals surface area contributed by atoms with Gasteiger partial charge in [-0.2, -0.15) is 0 Å². The summed E-state index contributed by atoms with van der Waals surface area (Å²) in [5.74, 6) is 0.281. The second-order valence-corrected chi connectivity index (χ2v) is 6.75. The van der Waals surface area contributed by atoms with Crippen molar-refractivity contribution >= 4 is 12.0 Å². The maximum Gasteiger partial charge on any atom is 0.239 e.